The largest absolute Gasteiger partial charge is 0.465 e. The van der Waals surface area contributed by atoms with Gasteiger partial charge in [-0.1, -0.05) is 11.8 Å². The minimum absolute atomic E-state index is 0.348. The van der Waals surface area contributed by atoms with Crippen LogP contribution < -0.4 is 5.73 Å². The Bertz CT molecular complexity index is 326. The van der Waals surface area contributed by atoms with Crippen LogP contribution in [-0.2, 0) is 9.53 Å². The second kappa shape index (κ2) is 5.86. The first-order chi connectivity index (χ1) is 7.56. The lowest BCUT2D eigenvalue weighted by Crippen LogP contribution is -2.46. The van der Waals surface area contributed by atoms with E-state index < -0.39 is 5.54 Å². The monoisotopic (exact) mass is 244 g/mol. The van der Waals surface area contributed by atoms with E-state index in [1.807, 2.05) is 0 Å². The summed E-state index contributed by atoms with van der Waals surface area (Å²) in [5.74, 6) is 0.314. The Kier molecular flexibility index (Phi) is 4.75. The van der Waals surface area contributed by atoms with Gasteiger partial charge in [0.25, 0.3) is 0 Å². The molecule has 0 spiro atoms. The smallest absolute Gasteiger partial charge is 0.325 e. The summed E-state index contributed by atoms with van der Waals surface area (Å²) >= 11 is 1.47. The lowest BCUT2D eigenvalue weighted by Gasteiger charge is -2.21. The number of nitrogens with one attached hydrogen (secondary N) is 1. The minimum atomic E-state index is -0.941. The molecule has 0 aliphatic rings. The number of aromatic amines is 1. The Morgan fingerprint density at radius 3 is 3.06 bits per heavy atom. The third kappa shape index (κ3) is 3.82. The third-order valence-electron chi connectivity index (χ3n) is 1.99. The molecule has 0 aliphatic carbocycles. The van der Waals surface area contributed by atoms with E-state index >= 15 is 0 Å². The molecule has 6 nitrogen and oxygen atoms in total. The third-order valence-corrected chi connectivity index (χ3v) is 2.87. The van der Waals surface area contributed by atoms with Crippen molar-refractivity contribution >= 4 is 17.7 Å². The molecule has 90 valence electrons. The van der Waals surface area contributed by atoms with Crippen LogP contribution in [0.25, 0.3) is 0 Å². The summed E-state index contributed by atoms with van der Waals surface area (Å²) in [6, 6.07) is 0. The van der Waals surface area contributed by atoms with Crippen LogP contribution in [0.1, 0.15) is 20.3 Å². The minimum Gasteiger partial charge on any atom is -0.465 e. The van der Waals surface area contributed by atoms with E-state index in [-0.39, 0.29) is 5.97 Å². The number of aromatic nitrogens is 3. The summed E-state index contributed by atoms with van der Waals surface area (Å²) in [6.45, 7) is 3.78. The van der Waals surface area contributed by atoms with E-state index in [0.717, 1.165) is 5.16 Å². The van der Waals surface area contributed by atoms with E-state index in [1.54, 1.807) is 13.8 Å². The molecule has 1 atom stereocenters. The van der Waals surface area contributed by atoms with E-state index in [9.17, 15) is 4.79 Å². The quantitative estimate of drug-likeness (QED) is 0.561. The summed E-state index contributed by atoms with van der Waals surface area (Å²) < 4.78 is 4.89. The van der Waals surface area contributed by atoms with Crippen LogP contribution in [0.5, 0.6) is 0 Å². The van der Waals surface area contributed by atoms with Crippen molar-refractivity contribution in [2.45, 2.75) is 31.0 Å². The predicted octanol–water partition coefficient (Wildman–Crippen LogP) is 0.567. The average Bonchev–Trinajstić information content (AvgIpc) is 2.70. The number of esters is 1. The van der Waals surface area contributed by atoms with Crippen molar-refractivity contribution in [1.29, 1.82) is 0 Å². The molecule has 7 heteroatoms. The van der Waals surface area contributed by atoms with Gasteiger partial charge in [0, 0.05) is 5.75 Å². The van der Waals surface area contributed by atoms with Crippen molar-refractivity contribution in [3.8, 4) is 0 Å². The number of hydrogen-bond donors (Lipinski definition) is 2. The average molecular weight is 244 g/mol. The van der Waals surface area contributed by atoms with E-state index in [0.29, 0.717) is 18.8 Å². The summed E-state index contributed by atoms with van der Waals surface area (Å²) in [7, 11) is 0. The molecule has 0 aliphatic heterocycles. The van der Waals surface area contributed by atoms with Crippen LogP contribution in [0, 0.1) is 0 Å². The first-order valence-electron chi connectivity index (χ1n) is 5.00. The molecule has 0 aromatic carbocycles. The number of H-pyrrole nitrogens is 1. The van der Waals surface area contributed by atoms with Crippen molar-refractivity contribution in [2.24, 2.45) is 5.73 Å². The van der Waals surface area contributed by atoms with Crippen LogP contribution in [0.15, 0.2) is 11.5 Å². The number of thioether (sulfide) groups is 1. The molecule has 1 heterocycles. The Morgan fingerprint density at radius 2 is 2.50 bits per heavy atom. The Balaban J connectivity index is 2.33. The highest BCUT2D eigenvalue weighted by Gasteiger charge is 2.29. The molecule has 1 unspecified atom stereocenters. The normalized spacial score (nSPS) is 14.4. The van der Waals surface area contributed by atoms with Gasteiger partial charge in [-0.3, -0.25) is 9.89 Å². The number of rotatable bonds is 6. The molecular formula is C9H16N4O2S. The summed E-state index contributed by atoms with van der Waals surface area (Å²) in [5.41, 5.74) is 4.91. The van der Waals surface area contributed by atoms with Gasteiger partial charge in [-0.15, -0.1) is 0 Å². The zero-order chi connectivity index (χ0) is 12.0. The van der Waals surface area contributed by atoms with Gasteiger partial charge in [-0.25, -0.2) is 4.98 Å². The molecular weight excluding hydrogens is 228 g/mol. The summed E-state index contributed by atoms with van der Waals surface area (Å²) in [6.07, 6.45) is 1.96. The molecule has 0 fully saturated rings. The van der Waals surface area contributed by atoms with E-state index in [1.165, 1.54) is 18.1 Å². The van der Waals surface area contributed by atoms with Crippen LogP contribution in [-0.4, -0.2) is 39.0 Å². The van der Waals surface area contributed by atoms with Crippen molar-refractivity contribution in [3.63, 3.8) is 0 Å². The lowest BCUT2D eigenvalue weighted by molar-refractivity contribution is -0.149. The second-order valence-corrected chi connectivity index (χ2v) is 4.61. The SMILES string of the molecule is CCOC(=O)C(C)(N)CCSc1ncn[nH]1. The number of hydrogen-bond acceptors (Lipinski definition) is 6. The number of carbonyl (C=O) groups excluding carboxylic acids is 1. The molecule has 0 saturated carbocycles. The molecule has 1 rings (SSSR count). The Hall–Kier alpha value is -1.08. The van der Waals surface area contributed by atoms with Gasteiger partial charge in [0.1, 0.15) is 11.9 Å². The Morgan fingerprint density at radius 1 is 1.75 bits per heavy atom. The van der Waals surface area contributed by atoms with Gasteiger partial charge >= 0.3 is 5.97 Å². The highest BCUT2D eigenvalue weighted by atomic mass is 32.2. The molecule has 16 heavy (non-hydrogen) atoms. The van der Waals surface area contributed by atoms with E-state index in [4.69, 9.17) is 10.5 Å². The maximum Gasteiger partial charge on any atom is 0.325 e. The fourth-order valence-electron chi connectivity index (χ4n) is 1.02. The second-order valence-electron chi connectivity index (χ2n) is 3.53. The zero-order valence-corrected chi connectivity index (χ0v) is 10.2. The van der Waals surface area contributed by atoms with Gasteiger partial charge < -0.3 is 10.5 Å². The maximum atomic E-state index is 11.5. The highest BCUT2D eigenvalue weighted by Crippen LogP contribution is 2.17. The molecule has 1 aromatic heterocycles. The van der Waals surface area contributed by atoms with Gasteiger partial charge in [0.2, 0.25) is 0 Å². The molecule has 3 N–H and O–H groups in total. The van der Waals surface area contributed by atoms with Gasteiger partial charge in [-0.2, -0.15) is 5.10 Å². The van der Waals surface area contributed by atoms with Gasteiger partial charge in [0.05, 0.1) is 6.61 Å². The van der Waals surface area contributed by atoms with Gasteiger partial charge in [-0.05, 0) is 20.3 Å². The molecule has 1 aromatic rings. The Labute approximate surface area is 98.3 Å². The fourth-order valence-corrected chi connectivity index (χ4v) is 1.98. The standard InChI is InChI=1S/C9H16N4O2S/c1-3-15-7(14)9(2,10)4-5-16-8-11-6-12-13-8/h6H,3-5,10H2,1-2H3,(H,11,12,13). The predicted molar refractivity (Wildman–Crippen MR) is 60.9 cm³/mol. The molecule has 0 bridgehead atoms. The maximum absolute atomic E-state index is 11.5. The van der Waals surface area contributed by atoms with Crippen LogP contribution in [0.2, 0.25) is 0 Å². The summed E-state index contributed by atoms with van der Waals surface area (Å²) in [5, 5.41) is 7.17. The number of carbonyl (C=O) groups is 1. The molecule has 0 amide bonds. The fraction of sp³-hybridized carbons (Fsp3) is 0.667. The first-order valence-corrected chi connectivity index (χ1v) is 5.99. The van der Waals surface area contributed by atoms with Crippen LogP contribution in [0.3, 0.4) is 0 Å². The van der Waals surface area contributed by atoms with Crippen molar-refractivity contribution in [3.05, 3.63) is 6.33 Å². The number of nitrogens with two attached hydrogens (primary N) is 1. The molecule has 0 saturated heterocycles. The van der Waals surface area contributed by atoms with Crippen molar-refractivity contribution in [1.82, 2.24) is 15.2 Å². The van der Waals surface area contributed by atoms with Crippen molar-refractivity contribution in [2.75, 3.05) is 12.4 Å². The number of ether oxygens (including phenoxy) is 1. The first kappa shape index (κ1) is 13.0. The van der Waals surface area contributed by atoms with Crippen LogP contribution >= 0.6 is 11.8 Å². The van der Waals surface area contributed by atoms with Crippen molar-refractivity contribution < 1.29 is 9.53 Å². The summed E-state index contributed by atoms with van der Waals surface area (Å²) in [4.78, 5) is 15.4. The highest BCUT2D eigenvalue weighted by molar-refractivity contribution is 7.99. The lowest BCUT2D eigenvalue weighted by atomic mass is 10.0. The topological polar surface area (TPSA) is 93.9 Å². The van der Waals surface area contributed by atoms with Crippen LogP contribution in [0.4, 0.5) is 0 Å². The number of nitrogens with zero attached hydrogens (tertiary/aromatic N) is 2. The molecule has 0 radical (unpaired) electrons. The van der Waals surface area contributed by atoms with E-state index in [2.05, 4.69) is 15.2 Å². The van der Waals surface area contributed by atoms with Gasteiger partial charge in [0.15, 0.2) is 5.16 Å². The zero-order valence-electron chi connectivity index (χ0n) is 9.40.